The van der Waals surface area contributed by atoms with Gasteiger partial charge in [-0.1, -0.05) is 6.42 Å². The molecule has 0 spiro atoms. The smallest absolute Gasteiger partial charge is 0.267 e. The molecule has 0 unspecified atom stereocenters. The Hall–Kier alpha value is -1.34. The van der Waals surface area contributed by atoms with Gasteiger partial charge in [0.05, 0.1) is 0 Å². The van der Waals surface area contributed by atoms with E-state index < -0.39 is 10.0 Å². The standard InChI is InChI=1S/C12H19N3O3S/c1-13-12(16)11-8-10(9-14(11)2)19(17,18)15-6-4-3-5-7-15/h8-9H,3-7H2,1-2H3,(H,13,16). The third-order valence-corrected chi connectivity index (χ3v) is 5.26. The van der Waals surface area contributed by atoms with E-state index >= 15 is 0 Å². The van der Waals surface area contributed by atoms with Crippen molar-refractivity contribution in [1.29, 1.82) is 0 Å². The number of hydrogen-bond donors (Lipinski definition) is 1. The zero-order valence-electron chi connectivity index (χ0n) is 11.2. The van der Waals surface area contributed by atoms with Crippen LogP contribution < -0.4 is 5.32 Å². The minimum atomic E-state index is -3.47. The first-order valence-electron chi connectivity index (χ1n) is 6.35. The van der Waals surface area contributed by atoms with Crippen LogP contribution in [0, 0.1) is 0 Å². The van der Waals surface area contributed by atoms with Gasteiger partial charge in [0.1, 0.15) is 10.6 Å². The van der Waals surface area contributed by atoms with E-state index in [1.165, 1.54) is 28.2 Å². The number of carbonyl (C=O) groups excluding carboxylic acids is 1. The highest BCUT2D eigenvalue weighted by Gasteiger charge is 2.28. The minimum absolute atomic E-state index is 0.190. The van der Waals surface area contributed by atoms with Gasteiger partial charge in [-0.15, -0.1) is 0 Å². The summed E-state index contributed by atoms with van der Waals surface area (Å²) in [6, 6.07) is 1.43. The second-order valence-electron chi connectivity index (χ2n) is 4.72. The number of nitrogens with zero attached hydrogens (tertiary/aromatic N) is 2. The molecule has 0 radical (unpaired) electrons. The van der Waals surface area contributed by atoms with Crippen LogP contribution in [0.4, 0.5) is 0 Å². The van der Waals surface area contributed by atoms with Crippen molar-refractivity contribution in [2.45, 2.75) is 24.2 Å². The molecule has 0 aliphatic carbocycles. The average Bonchev–Trinajstić information content (AvgIpc) is 2.81. The highest BCUT2D eigenvalue weighted by atomic mass is 32.2. The molecule has 0 aromatic carbocycles. The van der Waals surface area contributed by atoms with Gasteiger partial charge in [0.2, 0.25) is 10.0 Å². The van der Waals surface area contributed by atoms with E-state index in [0.717, 1.165) is 19.3 Å². The maximum absolute atomic E-state index is 12.4. The molecule has 1 N–H and O–H groups in total. The number of nitrogens with one attached hydrogen (secondary N) is 1. The summed E-state index contributed by atoms with van der Waals surface area (Å²) >= 11 is 0. The van der Waals surface area contributed by atoms with E-state index in [0.29, 0.717) is 18.8 Å². The summed E-state index contributed by atoms with van der Waals surface area (Å²) in [6.07, 6.45) is 4.36. The lowest BCUT2D eigenvalue weighted by Crippen LogP contribution is -2.35. The zero-order chi connectivity index (χ0) is 14.0. The lowest BCUT2D eigenvalue weighted by molar-refractivity contribution is 0.0955. The Labute approximate surface area is 113 Å². The average molecular weight is 285 g/mol. The fourth-order valence-corrected chi connectivity index (χ4v) is 3.87. The summed E-state index contributed by atoms with van der Waals surface area (Å²) in [5.41, 5.74) is 0.345. The molecule has 2 rings (SSSR count). The fourth-order valence-electron chi connectivity index (χ4n) is 2.28. The monoisotopic (exact) mass is 285 g/mol. The highest BCUT2D eigenvalue weighted by molar-refractivity contribution is 7.89. The molecular formula is C12H19N3O3S. The summed E-state index contributed by atoms with van der Waals surface area (Å²) in [5, 5.41) is 2.50. The molecule has 0 bridgehead atoms. The summed E-state index contributed by atoms with van der Waals surface area (Å²) in [4.78, 5) is 11.8. The Morgan fingerprint density at radius 3 is 2.47 bits per heavy atom. The number of amides is 1. The van der Waals surface area contributed by atoms with Crippen molar-refractivity contribution < 1.29 is 13.2 Å². The van der Waals surface area contributed by atoms with Crippen LogP contribution in [-0.4, -0.2) is 43.3 Å². The Bertz CT molecular complexity index is 571. The zero-order valence-corrected chi connectivity index (χ0v) is 12.0. The second-order valence-corrected chi connectivity index (χ2v) is 6.65. The molecule has 1 fully saturated rings. The Kier molecular flexibility index (Phi) is 3.96. The topological polar surface area (TPSA) is 71.4 Å². The Balaban J connectivity index is 2.33. The molecule has 1 aliphatic rings. The van der Waals surface area contributed by atoms with Crippen LogP contribution >= 0.6 is 0 Å². The lowest BCUT2D eigenvalue weighted by atomic mass is 10.2. The van der Waals surface area contributed by atoms with Crippen LogP contribution in [0.5, 0.6) is 0 Å². The fraction of sp³-hybridized carbons (Fsp3) is 0.583. The molecule has 2 heterocycles. The number of carbonyl (C=O) groups is 1. The molecule has 7 heteroatoms. The molecule has 6 nitrogen and oxygen atoms in total. The van der Waals surface area contributed by atoms with Crippen molar-refractivity contribution in [3.63, 3.8) is 0 Å². The SMILES string of the molecule is CNC(=O)c1cc(S(=O)(=O)N2CCCCC2)cn1C. The van der Waals surface area contributed by atoms with Crippen molar-refractivity contribution in [1.82, 2.24) is 14.2 Å². The summed E-state index contributed by atoms with van der Waals surface area (Å²) in [7, 11) is -0.285. The summed E-state index contributed by atoms with van der Waals surface area (Å²) < 4.78 is 27.9. The van der Waals surface area contributed by atoms with E-state index in [1.54, 1.807) is 7.05 Å². The molecular weight excluding hydrogens is 266 g/mol. The van der Waals surface area contributed by atoms with Crippen LogP contribution in [0.3, 0.4) is 0 Å². The minimum Gasteiger partial charge on any atom is -0.354 e. The largest absolute Gasteiger partial charge is 0.354 e. The van der Waals surface area contributed by atoms with E-state index in [2.05, 4.69) is 5.32 Å². The van der Waals surface area contributed by atoms with Gasteiger partial charge in [0.25, 0.3) is 5.91 Å². The molecule has 106 valence electrons. The molecule has 1 aliphatic heterocycles. The molecule has 1 aromatic heterocycles. The Morgan fingerprint density at radius 1 is 1.26 bits per heavy atom. The predicted molar refractivity (Wildman–Crippen MR) is 71.4 cm³/mol. The number of aromatic nitrogens is 1. The van der Waals surface area contributed by atoms with Gasteiger partial charge >= 0.3 is 0 Å². The molecule has 0 saturated carbocycles. The van der Waals surface area contributed by atoms with Crippen molar-refractivity contribution in [3.05, 3.63) is 18.0 Å². The molecule has 1 aromatic rings. The molecule has 0 atom stereocenters. The number of sulfonamides is 1. The number of piperidine rings is 1. The van der Waals surface area contributed by atoms with Gasteiger partial charge in [-0.3, -0.25) is 4.79 Å². The normalized spacial score (nSPS) is 17.4. The number of rotatable bonds is 3. The van der Waals surface area contributed by atoms with Crippen LogP contribution in [0.1, 0.15) is 29.8 Å². The van der Waals surface area contributed by atoms with Gasteiger partial charge in [-0.25, -0.2) is 8.42 Å². The van der Waals surface area contributed by atoms with Crippen LogP contribution in [0.15, 0.2) is 17.2 Å². The van der Waals surface area contributed by atoms with E-state index in [9.17, 15) is 13.2 Å². The van der Waals surface area contributed by atoms with Gasteiger partial charge in [0, 0.05) is 33.4 Å². The van der Waals surface area contributed by atoms with Crippen LogP contribution in [0.25, 0.3) is 0 Å². The van der Waals surface area contributed by atoms with Gasteiger partial charge < -0.3 is 9.88 Å². The van der Waals surface area contributed by atoms with Crippen molar-refractivity contribution >= 4 is 15.9 Å². The van der Waals surface area contributed by atoms with Crippen LogP contribution in [-0.2, 0) is 17.1 Å². The van der Waals surface area contributed by atoms with Crippen LogP contribution in [0.2, 0.25) is 0 Å². The summed E-state index contributed by atoms with van der Waals surface area (Å²) in [6.45, 7) is 1.12. The maximum Gasteiger partial charge on any atom is 0.267 e. The van der Waals surface area contributed by atoms with Crippen molar-refractivity contribution in [3.8, 4) is 0 Å². The molecule has 1 saturated heterocycles. The van der Waals surface area contributed by atoms with E-state index in [4.69, 9.17) is 0 Å². The molecule has 19 heavy (non-hydrogen) atoms. The van der Waals surface area contributed by atoms with Gasteiger partial charge in [-0.2, -0.15) is 4.31 Å². The number of aryl methyl sites for hydroxylation is 1. The first-order chi connectivity index (χ1) is 8.96. The van der Waals surface area contributed by atoms with Gasteiger partial charge in [0.15, 0.2) is 0 Å². The third-order valence-electron chi connectivity index (χ3n) is 3.39. The molecule has 1 amide bonds. The summed E-state index contributed by atoms with van der Waals surface area (Å²) in [5.74, 6) is -0.289. The predicted octanol–water partition coefficient (Wildman–Crippen LogP) is 0.559. The highest BCUT2D eigenvalue weighted by Crippen LogP contribution is 2.22. The van der Waals surface area contributed by atoms with Gasteiger partial charge in [-0.05, 0) is 18.9 Å². The lowest BCUT2D eigenvalue weighted by Gasteiger charge is -2.25. The first-order valence-corrected chi connectivity index (χ1v) is 7.79. The second kappa shape index (κ2) is 5.34. The first kappa shape index (κ1) is 14.1. The Morgan fingerprint density at radius 2 is 1.89 bits per heavy atom. The van der Waals surface area contributed by atoms with Crippen molar-refractivity contribution in [2.24, 2.45) is 7.05 Å². The van der Waals surface area contributed by atoms with E-state index in [1.807, 2.05) is 0 Å². The quantitative estimate of drug-likeness (QED) is 0.882. The third kappa shape index (κ3) is 2.66. The number of hydrogen-bond acceptors (Lipinski definition) is 3. The maximum atomic E-state index is 12.4. The van der Waals surface area contributed by atoms with Crippen molar-refractivity contribution in [2.75, 3.05) is 20.1 Å². The van der Waals surface area contributed by atoms with E-state index in [-0.39, 0.29) is 10.8 Å².